The lowest BCUT2D eigenvalue weighted by molar-refractivity contribution is 0.488. The maximum atomic E-state index is 9.22. The van der Waals surface area contributed by atoms with Gasteiger partial charge in [0.25, 0.3) is 0 Å². The Kier molecular flexibility index (Phi) is 4.99. The minimum Gasteiger partial charge on any atom is -0.371 e. The zero-order valence-electron chi connectivity index (χ0n) is 16.3. The second-order valence-electron chi connectivity index (χ2n) is 7.51. The fourth-order valence-corrected chi connectivity index (χ4v) is 4.62. The predicted molar refractivity (Wildman–Crippen MR) is 116 cm³/mol. The molecule has 0 saturated carbocycles. The van der Waals surface area contributed by atoms with Crippen LogP contribution in [0.25, 0.3) is 16.7 Å². The number of nitriles is 1. The van der Waals surface area contributed by atoms with E-state index in [9.17, 15) is 5.26 Å². The quantitative estimate of drug-likeness (QED) is 0.518. The zero-order valence-corrected chi connectivity index (χ0v) is 17.8. The van der Waals surface area contributed by atoms with Gasteiger partial charge in [-0.05, 0) is 63.4 Å². The summed E-state index contributed by atoms with van der Waals surface area (Å²) in [5.41, 5.74) is 6.28. The van der Waals surface area contributed by atoms with Crippen molar-refractivity contribution in [2.45, 2.75) is 33.6 Å². The van der Waals surface area contributed by atoms with E-state index in [0.717, 1.165) is 54.0 Å². The first-order valence-electron chi connectivity index (χ1n) is 9.50. The number of aromatic nitrogens is 2. The molecular formula is C22H22Cl2N4. The summed E-state index contributed by atoms with van der Waals surface area (Å²) >= 11 is 12.6. The van der Waals surface area contributed by atoms with E-state index in [1.807, 2.05) is 19.1 Å². The van der Waals surface area contributed by atoms with Crippen molar-refractivity contribution in [3.8, 4) is 11.8 Å². The SMILES string of the molecule is Cc1cc(N2CCC(C#N)CC2)c2c(C)c(C)n(-c3ccc(Cl)cc3Cl)c2n1. The van der Waals surface area contributed by atoms with Crippen molar-refractivity contribution in [1.82, 2.24) is 9.55 Å². The highest BCUT2D eigenvalue weighted by Crippen LogP contribution is 2.38. The van der Waals surface area contributed by atoms with Crippen molar-refractivity contribution in [2.24, 2.45) is 5.92 Å². The van der Waals surface area contributed by atoms with Crippen molar-refractivity contribution in [3.63, 3.8) is 0 Å². The number of anilines is 1. The van der Waals surface area contributed by atoms with Crippen molar-refractivity contribution >= 4 is 39.9 Å². The number of halogens is 2. The molecule has 3 aromatic rings. The molecule has 1 fully saturated rings. The Labute approximate surface area is 175 Å². The van der Waals surface area contributed by atoms with Gasteiger partial charge in [-0.2, -0.15) is 5.26 Å². The third kappa shape index (κ3) is 3.13. The number of hydrogen-bond acceptors (Lipinski definition) is 3. The van der Waals surface area contributed by atoms with E-state index >= 15 is 0 Å². The molecule has 28 heavy (non-hydrogen) atoms. The van der Waals surface area contributed by atoms with E-state index in [1.54, 1.807) is 6.07 Å². The van der Waals surface area contributed by atoms with Gasteiger partial charge in [0.1, 0.15) is 5.65 Å². The van der Waals surface area contributed by atoms with E-state index in [1.165, 1.54) is 11.3 Å². The molecule has 6 heteroatoms. The highest BCUT2D eigenvalue weighted by Gasteiger charge is 2.25. The first kappa shape index (κ1) is 19.1. The van der Waals surface area contributed by atoms with Gasteiger partial charge in [-0.1, -0.05) is 23.2 Å². The van der Waals surface area contributed by atoms with Crippen LogP contribution in [-0.4, -0.2) is 22.6 Å². The van der Waals surface area contributed by atoms with Gasteiger partial charge in [0, 0.05) is 46.5 Å². The van der Waals surface area contributed by atoms with Gasteiger partial charge in [0.2, 0.25) is 0 Å². The predicted octanol–water partition coefficient (Wildman–Crippen LogP) is 6.00. The first-order chi connectivity index (χ1) is 13.4. The largest absolute Gasteiger partial charge is 0.371 e. The lowest BCUT2D eigenvalue weighted by Gasteiger charge is -2.32. The molecular weight excluding hydrogens is 391 g/mol. The second-order valence-corrected chi connectivity index (χ2v) is 8.36. The van der Waals surface area contributed by atoms with E-state index < -0.39 is 0 Å². The minimum atomic E-state index is 0.162. The van der Waals surface area contributed by atoms with Crippen LogP contribution in [0.4, 0.5) is 5.69 Å². The highest BCUT2D eigenvalue weighted by atomic mass is 35.5. The molecule has 4 nitrogen and oxygen atoms in total. The fourth-order valence-electron chi connectivity index (χ4n) is 4.13. The van der Waals surface area contributed by atoms with Crippen LogP contribution in [0.3, 0.4) is 0 Å². The van der Waals surface area contributed by atoms with Crippen LogP contribution in [0.5, 0.6) is 0 Å². The van der Waals surface area contributed by atoms with E-state index in [2.05, 4.69) is 35.5 Å². The summed E-state index contributed by atoms with van der Waals surface area (Å²) in [5, 5.41) is 11.6. The third-order valence-corrected chi connectivity index (χ3v) is 6.28. The van der Waals surface area contributed by atoms with E-state index in [0.29, 0.717) is 10.0 Å². The maximum Gasteiger partial charge on any atom is 0.147 e. The van der Waals surface area contributed by atoms with Crippen LogP contribution >= 0.6 is 23.2 Å². The number of fused-ring (bicyclic) bond motifs is 1. The molecule has 1 aliphatic heterocycles. The van der Waals surface area contributed by atoms with Gasteiger partial charge >= 0.3 is 0 Å². The molecule has 0 N–H and O–H groups in total. The van der Waals surface area contributed by atoms with Gasteiger partial charge in [-0.15, -0.1) is 0 Å². The summed E-state index contributed by atoms with van der Waals surface area (Å²) in [7, 11) is 0. The van der Waals surface area contributed by atoms with Crippen molar-refractivity contribution in [2.75, 3.05) is 18.0 Å². The summed E-state index contributed by atoms with van der Waals surface area (Å²) in [4.78, 5) is 7.27. The normalized spacial score (nSPS) is 15.2. The molecule has 144 valence electrons. The number of nitrogens with zero attached hydrogens (tertiary/aromatic N) is 4. The Morgan fingerprint density at radius 1 is 1.07 bits per heavy atom. The molecule has 0 unspecified atom stereocenters. The van der Waals surface area contributed by atoms with Crippen LogP contribution in [0, 0.1) is 38.0 Å². The Morgan fingerprint density at radius 3 is 2.43 bits per heavy atom. The van der Waals surface area contributed by atoms with Gasteiger partial charge < -0.3 is 4.90 Å². The summed E-state index contributed by atoms with van der Waals surface area (Å²) in [5.74, 6) is 0.162. The Balaban J connectivity index is 1.92. The summed E-state index contributed by atoms with van der Waals surface area (Å²) in [6.07, 6.45) is 1.81. The zero-order chi connectivity index (χ0) is 20.0. The van der Waals surface area contributed by atoms with E-state index in [-0.39, 0.29) is 5.92 Å². The van der Waals surface area contributed by atoms with Gasteiger partial charge in [-0.25, -0.2) is 4.98 Å². The monoisotopic (exact) mass is 412 g/mol. The highest BCUT2D eigenvalue weighted by molar-refractivity contribution is 6.35. The number of pyridine rings is 1. The molecule has 4 rings (SSSR count). The molecule has 3 heterocycles. The molecule has 1 saturated heterocycles. The average molecular weight is 413 g/mol. The van der Waals surface area contributed by atoms with E-state index in [4.69, 9.17) is 28.2 Å². The summed E-state index contributed by atoms with van der Waals surface area (Å²) < 4.78 is 2.13. The molecule has 0 spiro atoms. The van der Waals surface area contributed by atoms with Gasteiger partial charge in [0.15, 0.2) is 0 Å². The van der Waals surface area contributed by atoms with Crippen LogP contribution < -0.4 is 4.90 Å². The number of benzene rings is 1. The smallest absolute Gasteiger partial charge is 0.147 e. The number of aryl methyl sites for hydroxylation is 2. The maximum absolute atomic E-state index is 9.22. The van der Waals surface area contributed by atoms with Gasteiger partial charge in [-0.3, -0.25) is 4.57 Å². The second kappa shape index (κ2) is 7.31. The molecule has 2 aromatic heterocycles. The molecule has 1 aromatic carbocycles. The molecule has 0 radical (unpaired) electrons. The topological polar surface area (TPSA) is 44.9 Å². The van der Waals surface area contributed by atoms with Gasteiger partial charge in [0.05, 0.1) is 16.8 Å². The molecule has 0 atom stereocenters. The summed E-state index contributed by atoms with van der Waals surface area (Å²) in [6, 6.07) is 10.1. The molecule has 0 bridgehead atoms. The van der Waals surface area contributed by atoms with Crippen LogP contribution in [0.2, 0.25) is 10.0 Å². The van der Waals surface area contributed by atoms with Crippen LogP contribution in [0.1, 0.15) is 29.8 Å². The lowest BCUT2D eigenvalue weighted by Crippen LogP contribution is -2.33. The third-order valence-electron chi connectivity index (χ3n) is 5.74. The standard InChI is InChI=1S/C22H22Cl2N4/c1-13-10-20(27-8-6-16(12-25)7-9-27)21-14(2)15(3)28(22(21)26-13)19-5-4-17(23)11-18(19)24/h4-5,10-11,16H,6-9H2,1-3H3. The fraction of sp³-hybridized carbons (Fsp3) is 0.364. The Bertz CT molecular complexity index is 1100. The number of piperidine rings is 1. The molecule has 1 aliphatic rings. The first-order valence-corrected chi connectivity index (χ1v) is 10.3. The van der Waals surface area contributed by atoms with Crippen molar-refractivity contribution in [1.29, 1.82) is 5.26 Å². The van der Waals surface area contributed by atoms with Crippen LogP contribution in [0.15, 0.2) is 24.3 Å². The summed E-state index contributed by atoms with van der Waals surface area (Å²) in [6.45, 7) is 8.05. The molecule has 0 aliphatic carbocycles. The molecule has 0 amide bonds. The number of hydrogen-bond donors (Lipinski definition) is 0. The van der Waals surface area contributed by atoms with Crippen molar-refractivity contribution in [3.05, 3.63) is 51.3 Å². The van der Waals surface area contributed by atoms with Crippen molar-refractivity contribution < 1.29 is 0 Å². The Hall–Kier alpha value is -2.22. The van der Waals surface area contributed by atoms with Crippen LogP contribution in [-0.2, 0) is 0 Å². The lowest BCUT2D eigenvalue weighted by atomic mass is 9.97. The number of rotatable bonds is 2. The minimum absolute atomic E-state index is 0.162. The Morgan fingerprint density at radius 2 is 1.79 bits per heavy atom. The average Bonchev–Trinajstić information content (AvgIpc) is 2.92.